The van der Waals surface area contributed by atoms with Crippen molar-refractivity contribution in [2.75, 3.05) is 19.7 Å². The van der Waals surface area contributed by atoms with E-state index in [4.69, 9.17) is 10.00 Å². The third-order valence-electron chi connectivity index (χ3n) is 3.83. The molecule has 0 saturated carbocycles. The van der Waals surface area contributed by atoms with Gasteiger partial charge in [0.1, 0.15) is 0 Å². The zero-order valence-corrected chi connectivity index (χ0v) is 13.7. The highest BCUT2D eigenvalue weighted by Gasteiger charge is 2.24. The van der Waals surface area contributed by atoms with Crippen molar-refractivity contribution >= 4 is 12.1 Å². The first-order valence-electron chi connectivity index (χ1n) is 8.07. The fraction of sp³-hybridized carbons (Fsp3) is 0.471. The molecule has 0 aliphatic carbocycles. The highest BCUT2D eigenvalue weighted by molar-refractivity contribution is 5.74. The molecule has 1 unspecified atom stereocenters. The third kappa shape index (κ3) is 5.16. The highest BCUT2D eigenvalue weighted by Crippen LogP contribution is 2.11. The Morgan fingerprint density at radius 1 is 1.38 bits per heavy atom. The summed E-state index contributed by atoms with van der Waals surface area (Å²) in [6.45, 7) is 3.62. The third-order valence-corrected chi connectivity index (χ3v) is 3.83. The van der Waals surface area contributed by atoms with E-state index in [1.54, 1.807) is 24.0 Å². The van der Waals surface area contributed by atoms with E-state index >= 15 is 0 Å². The van der Waals surface area contributed by atoms with Crippen molar-refractivity contribution in [1.29, 1.82) is 5.26 Å². The zero-order chi connectivity index (χ0) is 17.4. The van der Waals surface area contributed by atoms with Crippen LogP contribution in [0.25, 0.3) is 0 Å². The quantitative estimate of drug-likeness (QED) is 0.882. The summed E-state index contributed by atoms with van der Waals surface area (Å²) in [5.74, 6) is 0. The normalized spacial score (nSPS) is 16.8. The average molecular weight is 330 g/mol. The molecule has 24 heavy (non-hydrogen) atoms. The number of urea groups is 1. The van der Waals surface area contributed by atoms with E-state index in [2.05, 4.69) is 16.7 Å². The number of benzene rings is 1. The zero-order valence-electron chi connectivity index (χ0n) is 13.7. The van der Waals surface area contributed by atoms with E-state index < -0.39 is 6.09 Å². The molecule has 2 N–H and O–H groups in total. The summed E-state index contributed by atoms with van der Waals surface area (Å²) in [5.41, 5.74) is 1.52. The molecule has 1 fully saturated rings. The summed E-state index contributed by atoms with van der Waals surface area (Å²) in [6.07, 6.45) is 1.22. The van der Waals surface area contributed by atoms with Gasteiger partial charge in [-0.3, -0.25) is 0 Å². The number of rotatable bonds is 4. The maximum absolute atomic E-state index is 12.3. The van der Waals surface area contributed by atoms with Crippen LogP contribution in [0.15, 0.2) is 24.3 Å². The van der Waals surface area contributed by atoms with Gasteiger partial charge < -0.3 is 20.3 Å². The molecule has 0 aromatic heterocycles. The first kappa shape index (κ1) is 17.6. The van der Waals surface area contributed by atoms with E-state index in [0.717, 1.165) is 18.4 Å². The monoisotopic (exact) mass is 330 g/mol. The van der Waals surface area contributed by atoms with Crippen molar-refractivity contribution in [2.45, 2.75) is 32.4 Å². The van der Waals surface area contributed by atoms with Crippen molar-refractivity contribution in [3.63, 3.8) is 0 Å². The van der Waals surface area contributed by atoms with Gasteiger partial charge in [-0.25, -0.2) is 9.59 Å². The Labute approximate surface area is 141 Å². The number of carbonyl (C=O) groups is 2. The van der Waals surface area contributed by atoms with Crippen LogP contribution in [0.3, 0.4) is 0 Å². The van der Waals surface area contributed by atoms with Gasteiger partial charge in [0, 0.05) is 25.7 Å². The van der Waals surface area contributed by atoms with Gasteiger partial charge in [0.05, 0.1) is 18.2 Å². The molecular weight excluding hydrogens is 308 g/mol. The first-order valence-corrected chi connectivity index (χ1v) is 8.07. The molecule has 7 heteroatoms. The molecule has 1 aliphatic rings. The summed E-state index contributed by atoms with van der Waals surface area (Å²) in [5, 5.41) is 14.4. The van der Waals surface area contributed by atoms with Crippen LogP contribution in [0.1, 0.15) is 30.9 Å². The fourth-order valence-electron chi connectivity index (χ4n) is 2.61. The van der Waals surface area contributed by atoms with E-state index in [0.29, 0.717) is 31.8 Å². The van der Waals surface area contributed by atoms with Crippen molar-refractivity contribution in [1.82, 2.24) is 15.5 Å². The van der Waals surface area contributed by atoms with Crippen LogP contribution in [0, 0.1) is 11.3 Å². The van der Waals surface area contributed by atoms with E-state index in [9.17, 15) is 9.59 Å². The SMILES string of the molecule is CCOC(=O)NC1CCCN(C(=O)NCc2ccc(C#N)cc2)C1. The maximum atomic E-state index is 12.3. The van der Waals surface area contributed by atoms with Crippen molar-refractivity contribution in [3.05, 3.63) is 35.4 Å². The molecule has 0 spiro atoms. The lowest BCUT2D eigenvalue weighted by atomic mass is 10.1. The summed E-state index contributed by atoms with van der Waals surface area (Å²) < 4.78 is 4.87. The molecule has 1 atom stereocenters. The Balaban J connectivity index is 1.80. The minimum absolute atomic E-state index is 0.0848. The minimum Gasteiger partial charge on any atom is -0.450 e. The van der Waals surface area contributed by atoms with Crippen molar-refractivity contribution in [3.8, 4) is 6.07 Å². The van der Waals surface area contributed by atoms with E-state index in [1.165, 1.54) is 0 Å². The van der Waals surface area contributed by atoms with Crippen molar-refractivity contribution < 1.29 is 14.3 Å². The Morgan fingerprint density at radius 2 is 2.12 bits per heavy atom. The number of ether oxygens (including phenoxy) is 1. The number of amides is 3. The number of nitrogens with one attached hydrogen (secondary N) is 2. The van der Waals surface area contributed by atoms with Gasteiger partial charge >= 0.3 is 12.1 Å². The molecule has 2 rings (SSSR count). The van der Waals surface area contributed by atoms with Gasteiger partial charge in [-0.2, -0.15) is 5.26 Å². The number of likely N-dealkylation sites (tertiary alicyclic amines) is 1. The predicted octanol–water partition coefficient (Wildman–Crippen LogP) is 1.98. The molecule has 1 saturated heterocycles. The summed E-state index contributed by atoms with van der Waals surface area (Å²) in [4.78, 5) is 25.4. The van der Waals surface area contributed by atoms with Crippen LogP contribution in [-0.4, -0.2) is 42.8 Å². The second-order valence-electron chi connectivity index (χ2n) is 5.62. The molecule has 3 amide bonds. The number of nitrogens with zero attached hydrogens (tertiary/aromatic N) is 2. The number of hydrogen-bond acceptors (Lipinski definition) is 4. The van der Waals surface area contributed by atoms with E-state index in [1.807, 2.05) is 12.1 Å². The van der Waals surface area contributed by atoms with Crippen LogP contribution < -0.4 is 10.6 Å². The number of carbonyl (C=O) groups excluding carboxylic acids is 2. The van der Waals surface area contributed by atoms with Crippen LogP contribution in [0.5, 0.6) is 0 Å². The lowest BCUT2D eigenvalue weighted by Crippen LogP contribution is -2.52. The molecule has 0 bridgehead atoms. The molecule has 1 heterocycles. The second-order valence-corrected chi connectivity index (χ2v) is 5.62. The van der Waals surface area contributed by atoms with Crippen LogP contribution in [0.4, 0.5) is 9.59 Å². The summed E-state index contributed by atoms with van der Waals surface area (Å²) in [6, 6.07) is 8.90. The molecular formula is C17H22N4O3. The fourth-order valence-corrected chi connectivity index (χ4v) is 2.61. The van der Waals surface area contributed by atoms with Gasteiger partial charge in [-0.1, -0.05) is 12.1 Å². The van der Waals surface area contributed by atoms with Crippen LogP contribution in [-0.2, 0) is 11.3 Å². The largest absolute Gasteiger partial charge is 0.450 e. The van der Waals surface area contributed by atoms with Gasteiger partial charge in [0.2, 0.25) is 0 Å². The first-order chi connectivity index (χ1) is 11.6. The van der Waals surface area contributed by atoms with Gasteiger partial charge in [0.25, 0.3) is 0 Å². The minimum atomic E-state index is -0.442. The standard InChI is InChI=1S/C17H22N4O3/c1-2-24-17(23)20-15-4-3-9-21(12-15)16(22)19-11-14-7-5-13(10-18)6-8-14/h5-8,15H,2-4,9,11-12H2,1H3,(H,19,22)(H,20,23). The molecule has 1 aliphatic heterocycles. The maximum Gasteiger partial charge on any atom is 0.407 e. The van der Waals surface area contributed by atoms with E-state index in [-0.39, 0.29) is 12.1 Å². The Morgan fingerprint density at radius 3 is 2.79 bits per heavy atom. The van der Waals surface area contributed by atoms with Crippen molar-refractivity contribution in [2.24, 2.45) is 0 Å². The van der Waals surface area contributed by atoms with Crippen LogP contribution >= 0.6 is 0 Å². The predicted molar refractivity (Wildman–Crippen MR) is 88.1 cm³/mol. The molecule has 0 radical (unpaired) electrons. The Kier molecular flexibility index (Phi) is 6.43. The Bertz CT molecular complexity index is 609. The van der Waals surface area contributed by atoms with Gasteiger partial charge in [-0.05, 0) is 37.5 Å². The molecule has 1 aromatic rings. The molecule has 1 aromatic carbocycles. The molecule has 7 nitrogen and oxygen atoms in total. The average Bonchev–Trinajstić information content (AvgIpc) is 2.60. The second kappa shape index (κ2) is 8.77. The number of nitriles is 1. The number of piperidine rings is 1. The summed E-state index contributed by atoms with van der Waals surface area (Å²) in [7, 11) is 0. The Hall–Kier alpha value is -2.75. The lowest BCUT2D eigenvalue weighted by molar-refractivity contribution is 0.135. The lowest BCUT2D eigenvalue weighted by Gasteiger charge is -2.32. The topological polar surface area (TPSA) is 94.5 Å². The number of alkyl carbamates (subject to hydrolysis) is 1. The van der Waals surface area contributed by atoms with Gasteiger partial charge in [0.15, 0.2) is 0 Å². The summed E-state index contributed by atoms with van der Waals surface area (Å²) >= 11 is 0. The van der Waals surface area contributed by atoms with Gasteiger partial charge in [-0.15, -0.1) is 0 Å². The smallest absolute Gasteiger partial charge is 0.407 e. The highest BCUT2D eigenvalue weighted by atomic mass is 16.5. The number of hydrogen-bond donors (Lipinski definition) is 2. The molecule has 128 valence electrons. The van der Waals surface area contributed by atoms with Crippen LogP contribution in [0.2, 0.25) is 0 Å².